The Balaban J connectivity index is 1.23. The molecule has 2 amide bonds. The Morgan fingerprint density at radius 2 is 1.87 bits per heavy atom. The number of hydrogen-bond acceptors (Lipinski definition) is 10. The second-order valence-corrected chi connectivity index (χ2v) is 13.2. The molecule has 1 aliphatic rings. The third kappa shape index (κ3) is 8.42. The monoisotopic (exact) mass is 713 g/mol. The molecule has 1 saturated heterocycles. The molecular formula is C34H32BrN7O4S. The van der Waals surface area contributed by atoms with Crippen LogP contribution in [0.15, 0.2) is 93.5 Å². The van der Waals surface area contributed by atoms with Crippen molar-refractivity contribution >= 4 is 73.7 Å². The number of aromatic nitrogens is 4. The molecule has 1 atom stereocenters. The highest BCUT2D eigenvalue weighted by molar-refractivity contribution is 9.10. The number of fused-ring (bicyclic) bond motifs is 1. The Kier molecular flexibility index (Phi) is 10.2. The fourth-order valence-corrected chi connectivity index (χ4v) is 5.95. The van der Waals surface area contributed by atoms with Gasteiger partial charge in [0, 0.05) is 44.0 Å². The number of halogens is 1. The summed E-state index contributed by atoms with van der Waals surface area (Å²) in [4.78, 5) is 45.1. The number of benzene rings is 2. The fraction of sp³-hybridized carbons (Fsp3) is 0.235. The number of ether oxygens (including phenoxy) is 2. The molecule has 47 heavy (non-hydrogen) atoms. The Labute approximate surface area is 284 Å². The van der Waals surface area contributed by atoms with E-state index < -0.39 is 6.09 Å². The van der Waals surface area contributed by atoms with Gasteiger partial charge in [0.25, 0.3) is 5.91 Å². The largest absolute Gasteiger partial charge is 0.447 e. The first-order valence-corrected chi connectivity index (χ1v) is 16.7. The number of amides is 2. The number of rotatable bonds is 10. The maximum atomic E-state index is 13.2. The molecular weight excluding hydrogens is 682 g/mol. The summed E-state index contributed by atoms with van der Waals surface area (Å²) in [6, 6.07) is 20.3. The van der Waals surface area contributed by atoms with Crippen LogP contribution in [0, 0.1) is 0 Å². The van der Waals surface area contributed by atoms with Crippen LogP contribution >= 0.6 is 27.7 Å². The molecule has 3 aromatic heterocycles. The Morgan fingerprint density at radius 1 is 1.02 bits per heavy atom. The topological polar surface area (TPSA) is 140 Å². The zero-order valence-corrected chi connectivity index (χ0v) is 28.1. The first-order chi connectivity index (χ1) is 22.8. The lowest BCUT2D eigenvalue weighted by atomic mass is 10.1. The molecule has 0 spiro atoms. The van der Waals surface area contributed by atoms with Crippen molar-refractivity contribution in [2.75, 3.05) is 29.2 Å². The third-order valence-electron chi connectivity index (χ3n) is 7.33. The van der Waals surface area contributed by atoms with Crippen molar-refractivity contribution in [2.45, 2.75) is 48.5 Å². The summed E-state index contributed by atoms with van der Waals surface area (Å²) >= 11 is 4.86. The molecule has 240 valence electrons. The van der Waals surface area contributed by atoms with Gasteiger partial charge in [0.2, 0.25) is 0 Å². The number of carbonyl (C=O) groups excluding carboxylic acids is 2. The minimum atomic E-state index is -0.522. The van der Waals surface area contributed by atoms with Crippen molar-refractivity contribution < 1.29 is 19.1 Å². The lowest BCUT2D eigenvalue weighted by Gasteiger charge is -2.15. The fourth-order valence-electron chi connectivity index (χ4n) is 4.83. The molecule has 0 saturated carbocycles. The van der Waals surface area contributed by atoms with Gasteiger partial charge in [0.15, 0.2) is 5.65 Å². The molecule has 5 aromatic rings. The van der Waals surface area contributed by atoms with E-state index in [2.05, 4.69) is 60.7 Å². The third-order valence-corrected chi connectivity index (χ3v) is 8.88. The van der Waals surface area contributed by atoms with Crippen molar-refractivity contribution in [2.24, 2.45) is 0 Å². The van der Waals surface area contributed by atoms with E-state index in [1.807, 2.05) is 48.5 Å². The molecule has 1 unspecified atom stereocenters. The van der Waals surface area contributed by atoms with Gasteiger partial charge in [-0.15, -0.1) is 0 Å². The predicted octanol–water partition coefficient (Wildman–Crippen LogP) is 8.18. The molecule has 2 aromatic carbocycles. The molecule has 3 N–H and O–H groups in total. The SMILES string of the molecule is CC(C)c1ccc2c(Nc3cc(C(=O)Nc4ccc(Br)cn4)ccc3Sc3ccc(NC(=O)OCC4CCCO4)cc3)ncnc2n1. The number of pyridine rings is 2. The highest BCUT2D eigenvalue weighted by Crippen LogP contribution is 2.37. The molecule has 0 bridgehead atoms. The van der Waals surface area contributed by atoms with E-state index in [0.29, 0.717) is 40.8 Å². The summed E-state index contributed by atoms with van der Waals surface area (Å²) in [7, 11) is 0. The van der Waals surface area contributed by atoms with Crippen LogP contribution in [0.1, 0.15) is 48.7 Å². The van der Waals surface area contributed by atoms with Gasteiger partial charge in [-0.1, -0.05) is 25.6 Å². The van der Waals surface area contributed by atoms with Crippen LogP contribution in [0.5, 0.6) is 0 Å². The lowest BCUT2D eigenvalue weighted by molar-refractivity contribution is 0.0484. The van der Waals surface area contributed by atoms with Gasteiger partial charge < -0.3 is 20.1 Å². The normalized spacial score (nSPS) is 14.3. The molecule has 1 aliphatic heterocycles. The van der Waals surface area contributed by atoms with E-state index in [0.717, 1.165) is 38.2 Å². The minimum absolute atomic E-state index is 0.0358. The zero-order valence-electron chi connectivity index (χ0n) is 25.7. The summed E-state index contributed by atoms with van der Waals surface area (Å²) in [6.45, 7) is 5.11. The van der Waals surface area contributed by atoms with E-state index in [1.54, 1.807) is 24.4 Å². The van der Waals surface area contributed by atoms with Crippen LogP contribution in [0.2, 0.25) is 0 Å². The second-order valence-electron chi connectivity index (χ2n) is 11.1. The average Bonchev–Trinajstić information content (AvgIpc) is 3.60. The highest BCUT2D eigenvalue weighted by atomic mass is 79.9. The van der Waals surface area contributed by atoms with Gasteiger partial charge in [-0.05, 0) is 101 Å². The van der Waals surface area contributed by atoms with Gasteiger partial charge in [-0.2, -0.15) is 0 Å². The van der Waals surface area contributed by atoms with Crippen LogP contribution in [0.25, 0.3) is 11.0 Å². The van der Waals surface area contributed by atoms with Crippen molar-refractivity contribution in [1.29, 1.82) is 0 Å². The number of hydrogen-bond donors (Lipinski definition) is 3. The number of nitrogens with one attached hydrogen (secondary N) is 3. The maximum absolute atomic E-state index is 13.2. The van der Waals surface area contributed by atoms with Crippen molar-refractivity contribution in [3.05, 3.63) is 95.0 Å². The minimum Gasteiger partial charge on any atom is -0.447 e. The van der Waals surface area contributed by atoms with E-state index in [-0.39, 0.29) is 24.5 Å². The summed E-state index contributed by atoms with van der Waals surface area (Å²) in [5, 5.41) is 9.79. The summed E-state index contributed by atoms with van der Waals surface area (Å²) in [6.07, 6.45) is 4.42. The first kappa shape index (κ1) is 32.4. The Morgan fingerprint density at radius 3 is 2.62 bits per heavy atom. The maximum Gasteiger partial charge on any atom is 0.411 e. The van der Waals surface area contributed by atoms with Gasteiger partial charge in [-0.25, -0.2) is 24.7 Å². The zero-order chi connectivity index (χ0) is 32.8. The summed E-state index contributed by atoms with van der Waals surface area (Å²) < 4.78 is 11.6. The predicted molar refractivity (Wildman–Crippen MR) is 186 cm³/mol. The van der Waals surface area contributed by atoms with Crippen LogP contribution in [-0.2, 0) is 9.47 Å². The number of nitrogens with zero attached hydrogens (tertiary/aromatic N) is 4. The van der Waals surface area contributed by atoms with E-state index in [4.69, 9.17) is 14.5 Å². The standard InChI is InChI=1S/C34H32BrN7O4S/c1-20(2)27-12-11-26-31(40-27)37-19-38-32(26)41-28-16-21(33(43)42-30-14-6-22(35)17-36-30)5-13-29(28)47-25-9-7-23(8-10-25)39-34(44)46-18-24-4-3-15-45-24/h5-14,16-17,19-20,24H,3-4,15,18H2,1-2H3,(H,39,44)(H,36,42,43)(H,37,38,40,41). The van der Waals surface area contributed by atoms with Crippen LogP contribution in [0.3, 0.4) is 0 Å². The molecule has 6 rings (SSSR count). The summed E-state index contributed by atoms with van der Waals surface area (Å²) in [5.74, 6) is 0.942. The smallest absolute Gasteiger partial charge is 0.411 e. The van der Waals surface area contributed by atoms with Crippen molar-refractivity contribution in [3.63, 3.8) is 0 Å². The van der Waals surface area contributed by atoms with E-state index in [9.17, 15) is 9.59 Å². The first-order valence-electron chi connectivity index (χ1n) is 15.1. The van der Waals surface area contributed by atoms with Crippen molar-refractivity contribution in [1.82, 2.24) is 19.9 Å². The Hall–Kier alpha value is -4.59. The summed E-state index contributed by atoms with van der Waals surface area (Å²) in [5.41, 5.74) is 3.22. The van der Waals surface area contributed by atoms with Gasteiger partial charge in [-0.3, -0.25) is 10.1 Å². The molecule has 4 heterocycles. The molecule has 13 heteroatoms. The highest BCUT2D eigenvalue weighted by Gasteiger charge is 2.18. The molecule has 1 fully saturated rings. The van der Waals surface area contributed by atoms with Crippen LogP contribution in [0.4, 0.5) is 27.8 Å². The Bertz CT molecular complexity index is 1890. The lowest BCUT2D eigenvalue weighted by Crippen LogP contribution is -2.21. The molecule has 11 nitrogen and oxygen atoms in total. The number of anilines is 4. The average molecular weight is 715 g/mol. The van der Waals surface area contributed by atoms with Gasteiger partial charge in [0.05, 0.1) is 17.2 Å². The van der Waals surface area contributed by atoms with Gasteiger partial charge >= 0.3 is 6.09 Å². The molecule has 0 aliphatic carbocycles. The quantitative estimate of drug-likeness (QED) is 0.130. The van der Waals surface area contributed by atoms with Crippen LogP contribution < -0.4 is 16.0 Å². The van der Waals surface area contributed by atoms with Crippen LogP contribution in [-0.4, -0.2) is 51.3 Å². The van der Waals surface area contributed by atoms with E-state index in [1.165, 1.54) is 18.1 Å². The molecule has 0 radical (unpaired) electrons. The van der Waals surface area contributed by atoms with Crippen molar-refractivity contribution in [3.8, 4) is 0 Å². The number of carbonyl (C=O) groups is 2. The van der Waals surface area contributed by atoms with Gasteiger partial charge in [0.1, 0.15) is 24.6 Å². The van der Waals surface area contributed by atoms with E-state index >= 15 is 0 Å². The second kappa shape index (κ2) is 14.9.